The molecule has 7 heteroatoms. The van der Waals surface area contributed by atoms with Crippen LogP contribution in [0.1, 0.15) is 41.8 Å². The van der Waals surface area contributed by atoms with Gasteiger partial charge in [0.05, 0.1) is 22.6 Å². The largest absolute Gasteiger partial charge is 0.306 e. The highest BCUT2D eigenvalue weighted by Crippen LogP contribution is 2.27. The van der Waals surface area contributed by atoms with Crippen LogP contribution < -0.4 is 5.32 Å². The van der Waals surface area contributed by atoms with Gasteiger partial charge in [0, 0.05) is 11.5 Å². The van der Waals surface area contributed by atoms with Crippen molar-refractivity contribution >= 4 is 23.1 Å². The predicted molar refractivity (Wildman–Crippen MR) is 97.0 cm³/mol. The molecule has 0 aliphatic rings. The summed E-state index contributed by atoms with van der Waals surface area (Å²) < 4.78 is 14.9. The lowest BCUT2D eigenvalue weighted by Gasteiger charge is -2.14. The lowest BCUT2D eigenvalue weighted by atomic mass is 9.92. The van der Waals surface area contributed by atoms with Crippen molar-refractivity contribution in [3.63, 3.8) is 0 Å². The number of aryl methyl sites for hydroxylation is 1. The third kappa shape index (κ3) is 3.61. The molecular weight excluding hydrogens is 339 g/mol. The normalized spacial score (nSPS) is 11.6. The van der Waals surface area contributed by atoms with Gasteiger partial charge in [0.25, 0.3) is 5.91 Å². The molecule has 0 unspecified atom stereocenters. The first-order valence-corrected chi connectivity index (χ1v) is 8.71. The second-order valence-electron chi connectivity index (χ2n) is 6.77. The number of hydrogen-bond acceptors (Lipinski definition) is 4. The first-order valence-electron chi connectivity index (χ1n) is 7.83. The molecule has 1 aromatic carbocycles. The number of aromatic nitrogens is 3. The van der Waals surface area contributed by atoms with Gasteiger partial charge in [-0.25, -0.2) is 14.1 Å². The third-order valence-corrected chi connectivity index (χ3v) is 4.67. The number of halogens is 1. The molecule has 0 radical (unpaired) electrons. The van der Waals surface area contributed by atoms with E-state index >= 15 is 0 Å². The number of nitrogens with zero attached hydrogens (tertiary/aromatic N) is 3. The van der Waals surface area contributed by atoms with Crippen molar-refractivity contribution < 1.29 is 9.18 Å². The van der Waals surface area contributed by atoms with Gasteiger partial charge in [-0.3, -0.25) is 4.79 Å². The smallest absolute Gasteiger partial charge is 0.268 e. The van der Waals surface area contributed by atoms with Crippen molar-refractivity contribution in [2.75, 3.05) is 5.32 Å². The number of thiazole rings is 1. The molecule has 1 N–H and O–H groups in total. The Morgan fingerprint density at radius 1 is 1.24 bits per heavy atom. The summed E-state index contributed by atoms with van der Waals surface area (Å²) in [5.41, 5.74) is 3.64. The first kappa shape index (κ1) is 17.3. The number of benzene rings is 1. The van der Waals surface area contributed by atoms with Crippen LogP contribution in [0.25, 0.3) is 5.69 Å². The lowest BCUT2D eigenvalue weighted by Crippen LogP contribution is -2.15. The Morgan fingerprint density at radius 2 is 1.92 bits per heavy atom. The number of carbonyl (C=O) groups excluding carboxylic acids is 1. The fourth-order valence-corrected chi connectivity index (χ4v) is 3.01. The van der Waals surface area contributed by atoms with Crippen LogP contribution >= 0.6 is 11.3 Å². The molecule has 3 aromatic rings. The Labute approximate surface area is 149 Å². The standard InChI is InChI=1S/C18H19FN4OS/c1-11-16(25-10-20-11)17(24)21-15-9-14(18(2,3)4)22-23(15)13-7-5-12(19)6-8-13/h5-10H,1-4H3,(H,21,24). The van der Waals surface area contributed by atoms with E-state index in [9.17, 15) is 9.18 Å². The molecule has 0 aliphatic heterocycles. The highest BCUT2D eigenvalue weighted by Gasteiger charge is 2.22. The molecule has 1 amide bonds. The van der Waals surface area contributed by atoms with E-state index in [0.29, 0.717) is 22.1 Å². The zero-order valence-corrected chi connectivity index (χ0v) is 15.3. The van der Waals surface area contributed by atoms with Crippen molar-refractivity contribution in [1.29, 1.82) is 0 Å². The molecular formula is C18H19FN4OS. The SMILES string of the molecule is Cc1ncsc1C(=O)Nc1cc(C(C)(C)C)nn1-c1ccc(F)cc1. The van der Waals surface area contributed by atoms with Gasteiger partial charge in [-0.1, -0.05) is 20.8 Å². The maximum absolute atomic E-state index is 13.2. The van der Waals surface area contributed by atoms with Gasteiger partial charge in [-0.05, 0) is 31.2 Å². The summed E-state index contributed by atoms with van der Waals surface area (Å²) in [5.74, 6) is -0.0177. The van der Waals surface area contributed by atoms with Gasteiger partial charge in [-0.15, -0.1) is 11.3 Å². The molecule has 0 saturated heterocycles. The van der Waals surface area contributed by atoms with E-state index in [1.54, 1.807) is 29.2 Å². The maximum atomic E-state index is 13.2. The van der Waals surface area contributed by atoms with Crippen molar-refractivity contribution in [2.45, 2.75) is 33.1 Å². The molecule has 5 nitrogen and oxygen atoms in total. The van der Waals surface area contributed by atoms with E-state index in [4.69, 9.17) is 0 Å². The highest BCUT2D eigenvalue weighted by atomic mass is 32.1. The van der Waals surface area contributed by atoms with E-state index in [0.717, 1.165) is 5.69 Å². The fraction of sp³-hybridized carbons (Fsp3) is 0.278. The predicted octanol–water partition coefficient (Wildman–Crippen LogP) is 4.33. The van der Waals surface area contributed by atoms with Gasteiger partial charge in [-0.2, -0.15) is 5.10 Å². The molecule has 2 aromatic heterocycles. The molecule has 130 valence electrons. The maximum Gasteiger partial charge on any atom is 0.268 e. The summed E-state index contributed by atoms with van der Waals surface area (Å²) in [7, 11) is 0. The highest BCUT2D eigenvalue weighted by molar-refractivity contribution is 7.12. The van der Waals surface area contributed by atoms with Crippen molar-refractivity contribution in [3.8, 4) is 5.69 Å². The van der Waals surface area contributed by atoms with E-state index in [1.165, 1.54) is 23.5 Å². The summed E-state index contributed by atoms with van der Waals surface area (Å²) >= 11 is 1.29. The number of rotatable bonds is 3. The van der Waals surface area contributed by atoms with Gasteiger partial charge >= 0.3 is 0 Å². The Bertz CT molecular complexity index is 906. The lowest BCUT2D eigenvalue weighted by molar-refractivity contribution is 0.102. The molecule has 0 spiro atoms. The molecule has 25 heavy (non-hydrogen) atoms. The Hall–Kier alpha value is -2.54. The number of carbonyl (C=O) groups is 1. The number of anilines is 1. The van der Waals surface area contributed by atoms with Crippen molar-refractivity contribution in [3.05, 3.63) is 57.9 Å². The van der Waals surface area contributed by atoms with E-state index in [1.807, 2.05) is 26.8 Å². The molecule has 0 fully saturated rings. The van der Waals surface area contributed by atoms with E-state index in [2.05, 4.69) is 15.4 Å². The van der Waals surface area contributed by atoms with Crippen LogP contribution in [0.5, 0.6) is 0 Å². The van der Waals surface area contributed by atoms with Gasteiger partial charge in [0.2, 0.25) is 0 Å². The minimum Gasteiger partial charge on any atom is -0.306 e. The van der Waals surface area contributed by atoms with Gasteiger partial charge in [0.1, 0.15) is 16.5 Å². The minimum absolute atomic E-state index is 0.189. The van der Waals surface area contributed by atoms with Crippen molar-refractivity contribution in [2.24, 2.45) is 0 Å². The second kappa shape index (κ2) is 6.40. The Balaban J connectivity index is 2.02. The first-order chi connectivity index (χ1) is 11.8. The summed E-state index contributed by atoms with van der Waals surface area (Å²) in [6.07, 6.45) is 0. The van der Waals surface area contributed by atoms with Gasteiger partial charge < -0.3 is 5.32 Å². The average molecular weight is 358 g/mol. The van der Waals surface area contributed by atoms with Crippen LogP contribution in [0.3, 0.4) is 0 Å². The monoisotopic (exact) mass is 358 g/mol. The zero-order chi connectivity index (χ0) is 18.2. The quantitative estimate of drug-likeness (QED) is 0.758. The zero-order valence-electron chi connectivity index (χ0n) is 14.5. The molecule has 0 bridgehead atoms. The molecule has 0 saturated carbocycles. The summed E-state index contributed by atoms with van der Waals surface area (Å²) in [6.45, 7) is 7.93. The van der Waals surface area contributed by atoms with E-state index in [-0.39, 0.29) is 17.1 Å². The number of amides is 1. The number of hydrogen-bond donors (Lipinski definition) is 1. The van der Waals surface area contributed by atoms with Crippen molar-refractivity contribution in [1.82, 2.24) is 14.8 Å². The van der Waals surface area contributed by atoms with Crippen LogP contribution in [0.4, 0.5) is 10.2 Å². The third-order valence-electron chi connectivity index (χ3n) is 3.74. The average Bonchev–Trinajstić information content (AvgIpc) is 3.14. The second-order valence-corrected chi connectivity index (χ2v) is 7.63. The number of nitrogens with one attached hydrogen (secondary N) is 1. The summed E-state index contributed by atoms with van der Waals surface area (Å²) in [6, 6.07) is 7.84. The Morgan fingerprint density at radius 3 is 2.48 bits per heavy atom. The van der Waals surface area contributed by atoms with Crippen LogP contribution in [-0.2, 0) is 5.41 Å². The molecule has 2 heterocycles. The van der Waals surface area contributed by atoms with Crippen LogP contribution in [0.15, 0.2) is 35.8 Å². The van der Waals surface area contributed by atoms with Crippen LogP contribution in [0.2, 0.25) is 0 Å². The van der Waals surface area contributed by atoms with Gasteiger partial charge in [0.15, 0.2) is 0 Å². The fourth-order valence-electron chi connectivity index (χ4n) is 2.31. The molecule has 0 atom stereocenters. The van der Waals surface area contributed by atoms with Crippen LogP contribution in [-0.4, -0.2) is 20.7 Å². The topological polar surface area (TPSA) is 59.8 Å². The summed E-state index contributed by atoms with van der Waals surface area (Å²) in [5, 5.41) is 7.50. The van der Waals surface area contributed by atoms with Crippen LogP contribution in [0, 0.1) is 12.7 Å². The minimum atomic E-state index is -0.321. The molecule has 3 rings (SSSR count). The van der Waals surface area contributed by atoms with E-state index < -0.39 is 0 Å². The Kier molecular flexibility index (Phi) is 4.43. The molecule has 0 aliphatic carbocycles. The summed E-state index contributed by atoms with van der Waals surface area (Å²) in [4.78, 5) is 17.2.